The summed E-state index contributed by atoms with van der Waals surface area (Å²) in [4.78, 5) is 29.9. The Bertz CT molecular complexity index is 1290. The Kier molecular flexibility index (Phi) is 3.72. The summed E-state index contributed by atoms with van der Waals surface area (Å²) in [5.41, 5.74) is 2.10. The van der Waals surface area contributed by atoms with Crippen LogP contribution in [0.1, 0.15) is 11.1 Å². The van der Waals surface area contributed by atoms with Crippen LogP contribution in [0.2, 0.25) is 10.0 Å². The SMILES string of the molecule is Cc1cc2sc3nc(=O)n(-c4ccc(Cl)c(Cl)c4)c(=O)n3c2cc1C. The first-order chi connectivity index (χ1) is 11.9. The van der Waals surface area contributed by atoms with Crippen molar-refractivity contribution in [2.75, 3.05) is 0 Å². The van der Waals surface area contributed by atoms with E-state index in [1.165, 1.54) is 21.8 Å². The molecular weight excluding hydrogens is 381 g/mol. The molecule has 0 aliphatic carbocycles. The monoisotopic (exact) mass is 391 g/mol. The van der Waals surface area contributed by atoms with Gasteiger partial charge in [0.2, 0.25) is 4.96 Å². The number of aromatic nitrogens is 3. The third-order valence-electron chi connectivity index (χ3n) is 4.14. The van der Waals surface area contributed by atoms with Gasteiger partial charge in [0, 0.05) is 0 Å². The first-order valence-electron chi connectivity index (χ1n) is 7.38. The van der Waals surface area contributed by atoms with E-state index >= 15 is 0 Å². The lowest BCUT2D eigenvalue weighted by molar-refractivity contribution is 0.814. The predicted octanol–water partition coefficient (Wildman–Crippen LogP) is 3.98. The Morgan fingerprint density at radius 1 is 1.00 bits per heavy atom. The van der Waals surface area contributed by atoms with Crippen LogP contribution in [-0.4, -0.2) is 14.0 Å². The zero-order valence-electron chi connectivity index (χ0n) is 13.2. The third kappa shape index (κ3) is 2.49. The summed E-state index contributed by atoms with van der Waals surface area (Å²) >= 11 is 13.3. The van der Waals surface area contributed by atoms with Crippen molar-refractivity contribution in [2.24, 2.45) is 0 Å². The Hall–Kier alpha value is -2.15. The zero-order valence-corrected chi connectivity index (χ0v) is 15.5. The van der Waals surface area contributed by atoms with Crippen molar-refractivity contribution in [3.05, 3.63) is 72.5 Å². The number of nitrogens with zero attached hydrogens (tertiary/aromatic N) is 3. The molecule has 0 fully saturated rings. The van der Waals surface area contributed by atoms with Crippen LogP contribution in [0.4, 0.5) is 0 Å². The molecule has 4 aromatic rings. The third-order valence-corrected chi connectivity index (χ3v) is 5.88. The highest BCUT2D eigenvalue weighted by Crippen LogP contribution is 2.27. The molecule has 0 radical (unpaired) electrons. The van der Waals surface area contributed by atoms with Gasteiger partial charge in [-0.3, -0.25) is 0 Å². The second kappa shape index (κ2) is 5.69. The molecule has 5 nitrogen and oxygen atoms in total. The number of fused-ring (bicyclic) bond motifs is 3. The van der Waals surface area contributed by atoms with Crippen molar-refractivity contribution in [1.29, 1.82) is 0 Å². The van der Waals surface area contributed by atoms with Crippen molar-refractivity contribution in [2.45, 2.75) is 13.8 Å². The minimum atomic E-state index is -0.650. The molecule has 4 rings (SSSR count). The van der Waals surface area contributed by atoms with Gasteiger partial charge in [0.05, 0.1) is 25.9 Å². The van der Waals surface area contributed by atoms with Crippen molar-refractivity contribution in [1.82, 2.24) is 14.0 Å². The summed E-state index contributed by atoms with van der Waals surface area (Å²) in [5, 5.41) is 0.608. The van der Waals surface area contributed by atoms with Gasteiger partial charge in [0.15, 0.2) is 0 Å². The van der Waals surface area contributed by atoms with E-state index in [1.54, 1.807) is 12.1 Å². The molecule has 2 aromatic heterocycles. The molecule has 0 aliphatic heterocycles. The van der Waals surface area contributed by atoms with Crippen molar-refractivity contribution < 1.29 is 0 Å². The summed E-state index contributed by atoms with van der Waals surface area (Å²) in [6, 6.07) is 8.51. The van der Waals surface area contributed by atoms with E-state index in [1.807, 2.05) is 26.0 Å². The standard InChI is InChI=1S/C17H11Cl2N3O2S/c1-8-5-13-14(6-9(8)2)25-16-20-15(23)21(17(24)22(13)16)10-3-4-11(18)12(19)7-10/h3-7H,1-2H3. The van der Waals surface area contributed by atoms with Crippen LogP contribution in [0, 0.1) is 13.8 Å². The molecule has 0 amide bonds. The molecule has 0 bridgehead atoms. The van der Waals surface area contributed by atoms with Crippen molar-refractivity contribution in [3.8, 4) is 5.69 Å². The lowest BCUT2D eigenvalue weighted by atomic mass is 10.1. The van der Waals surface area contributed by atoms with Crippen molar-refractivity contribution in [3.63, 3.8) is 0 Å². The molecule has 0 atom stereocenters. The molecule has 0 N–H and O–H groups in total. The highest BCUT2D eigenvalue weighted by Gasteiger charge is 2.16. The molecule has 0 aliphatic rings. The summed E-state index contributed by atoms with van der Waals surface area (Å²) in [6.07, 6.45) is 0. The fraction of sp³-hybridized carbons (Fsp3) is 0.118. The highest BCUT2D eigenvalue weighted by molar-refractivity contribution is 7.23. The molecular formula is C17H11Cl2N3O2S. The fourth-order valence-corrected chi connectivity index (χ4v) is 4.07. The van der Waals surface area contributed by atoms with Gasteiger partial charge >= 0.3 is 11.4 Å². The van der Waals surface area contributed by atoms with Crippen LogP contribution < -0.4 is 11.4 Å². The number of hydrogen-bond donors (Lipinski definition) is 0. The molecule has 0 spiro atoms. The number of thiazole rings is 1. The number of halogens is 2. The summed E-state index contributed by atoms with van der Waals surface area (Å²) < 4.78 is 3.35. The number of hydrogen-bond acceptors (Lipinski definition) is 4. The van der Waals surface area contributed by atoms with E-state index in [2.05, 4.69) is 4.98 Å². The van der Waals surface area contributed by atoms with Crippen LogP contribution in [0.15, 0.2) is 39.9 Å². The van der Waals surface area contributed by atoms with E-state index in [0.29, 0.717) is 15.7 Å². The number of benzene rings is 2. The minimum Gasteiger partial charge on any atom is -0.247 e. The van der Waals surface area contributed by atoms with Crippen LogP contribution >= 0.6 is 34.5 Å². The van der Waals surface area contributed by atoms with E-state index in [9.17, 15) is 9.59 Å². The van der Waals surface area contributed by atoms with Gasteiger partial charge in [-0.1, -0.05) is 34.5 Å². The lowest BCUT2D eigenvalue weighted by Crippen LogP contribution is -2.37. The molecule has 0 unspecified atom stereocenters. The van der Waals surface area contributed by atoms with Gasteiger partial charge in [0.1, 0.15) is 0 Å². The van der Waals surface area contributed by atoms with E-state index < -0.39 is 11.4 Å². The maximum absolute atomic E-state index is 13.0. The summed E-state index contributed by atoms with van der Waals surface area (Å²) in [6.45, 7) is 3.98. The van der Waals surface area contributed by atoms with Gasteiger partial charge in [0.25, 0.3) is 0 Å². The predicted molar refractivity (Wildman–Crippen MR) is 102 cm³/mol. The number of aryl methyl sites for hydroxylation is 2. The van der Waals surface area contributed by atoms with Gasteiger partial charge in [-0.2, -0.15) is 4.98 Å². The van der Waals surface area contributed by atoms with E-state index in [0.717, 1.165) is 25.9 Å². The largest absolute Gasteiger partial charge is 0.359 e. The second-order valence-corrected chi connectivity index (χ2v) is 7.56. The molecule has 8 heteroatoms. The normalized spacial score (nSPS) is 11.5. The smallest absolute Gasteiger partial charge is 0.247 e. The molecule has 126 valence electrons. The fourth-order valence-electron chi connectivity index (χ4n) is 2.69. The van der Waals surface area contributed by atoms with Crippen molar-refractivity contribution >= 4 is 49.7 Å². The summed E-state index contributed by atoms with van der Waals surface area (Å²) in [5.74, 6) is 0. The Labute approximate surface area is 155 Å². The average Bonchev–Trinajstić information content (AvgIpc) is 2.88. The van der Waals surface area contributed by atoms with Crippen LogP contribution in [0.5, 0.6) is 0 Å². The molecule has 25 heavy (non-hydrogen) atoms. The van der Waals surface area contributed by atoms with Crippen LogP contribution in [0.3, 0.4) is 0 Å². The maximum atomic E-state index is 13.0. The number of rotatable bonds is 1. The molecule has 0 saturated carbocycles. The Morgan fingerprint density at radius 2 is 1.72 bits per heavy atom. The van der Waals surface area contributed by atoms with Gasteiger partial charge < -0.3 is 0 Å². The van der Waals surface area contributed by atoms with Gasteiger partial charge in [-0.25, -0.2) is 18.6 Å². The topological polar surface area (TPSA) is 56.4 Å². The van der Waals surface area contributed by atoms with Crippen LogP contribution in [-0.2, 0) is 0 Å². The quantitative estimate of drug-likeness (QED) is 0.492. The lowest BCUT2D eigenvalue weighted by Gasteiger charge is -2.06. The molecule has 0 saturated heterocycles. The first kappa shape index (κ1) is 16.3. The zero-order chi connectivity index (χ0) is 17.9. The first-order valence-corrected chi connectivity index (χ1v) is 8.95. The average molecular weight is 392 g/mol. The van der Waals surface area contributed by atoms with E-state index in [-0.39, 0.29) is 5.02 Å². The van der Waals surface area contributed by atoms with E-state index in [4.69, 9.17) is 23.2 Å². The van der Waals surface area contributed by atoms with Gasteiger partial charge in [-0.05, 0) is 55.3 Å². The minimum absolute atomic E-state index is 0.261. The Balaban J connectivity index is 2.14. The molecule has 2 aromatic carbocycles. The Morgan fingerprint density at radius 3 is 2.44 bits per heavy atom. The highest BCUT2D eigenvalue weighted by atomic mass is 35.5. The molecule has 2 heterocycles. The van der Waals surface area contributed by atoms with Gasteiger partial charge in [-0.15, -0.1) is 0 Å². The maximum Gasteiger partial charge on any atom is 0.359 e. The van der Waals surface area contributed by atoms with Crippen LogP contribution in [0.25, 0.3) is 20.9 Å². The second-order valence-electron chi connectivity index (χ2n) is 5.74. The summed E-state index contributed by atoms with van der Waals surface area (Å²) in [7, 11) is 0.